The predicted octanol–water partition coefficient (Wildman–Crippen LogP) is 5.02. The van der Waals surface area contributed by atoms with Crippen LogP contribution in [0.5, 0.6) is 0 Å². The van der Waals surface area contributed by atoms with E-state index >= 15 is 0 Å². The quantitative estimate of drug-likeness (QED) is 0.717. The van der Waals surface area contributed by atoms with Gasteiger partial charge in [0.1, 0.15) is 0 Å². The summed E-state index contributed by atoms with van der Waals surface area (Å²) >= 11 is 0. The van der Waals surface area contributed by atoms with Gasteiger partial charge in [0.05, 0.1) is 0 Å². The van der Waals surface area contributed by atoms with Crippen LogP contribution >= 0.6 is 0 Å². The molecule has 0 saturated heterocycles. The van der Waals surface area contributed by atoms with Gasteiger partial charge >= 0.3 is 0 Å². The van der Waals surface area contributed by atoms with Crippen molar-refractivity contribution in [3.63, 3.8) is 0 Å². The molecule has 0 fully saturated rings. The highest BCUT2D eigenvalue weighted by molar-refractivity contribution is 5.37. The van der Waals surface area contributed by atoms with E-state index in [0.29, 0.717) is 0 Å². The normalized spacial score (nSPS) is 10.7. The Morgan fingerprint density at radius 3 is 1.47 bits per heavy atom. The summed E-state index contributed by atoms with van der Waals surface area (Å²) in [4.78, 5) is 0. The smallest absolute Gasteiger partial charge is 0.00256 e. The Morgan fingerprint density at radius 1 is 0.684 bits per heavy atom. The van der Waals surface area contributed by atoms with Gasteiger partial charge in [-0.2, -0.15) is 0 Å². The molecule has 0 saturated carbocycles. The zero-order chi connectivity index (χ0) is 13.8. The van der Waals surface area contributed by atoms with Gasteiger partial charge in [-0.25, -0.2) is 0 Å². The average molecular weight is 252 g/mol. The summed E-state index contributed by atoms with van der Waals surface area (Å²) in [7, 11) is 0. The van der Waals surface area contributed by atoms with Crippen molar-refractivity contribution >= 4 is 0 Å². The predicted molar refractivity (Wildman–Crippen MR) is 83.9 cm³/mol. The molecule has 0 atom stereocenters. The molecule has 2 aromatic rings. The van der Waals surface area contributed by atoms with Crippen LogP contribution in [0.15, 0.2) is 36.4 Å². The summed E-state index contributed by atoms with van der Waals surface area (Å²) in [5, 5.41) is 0. The number of benzene rings is 2. The van der Waals surface area contributed by atoms with Gasteiger partial charge in [-0.15, -0.1) is 0 Å². The highest BCUT2D eigenvalue weighted by Crippen LogP contribution is 2.18. The third-order valence-corrected chi connectivity index (χ3v) is 4.00. The summed E-state index contributed by atoms with van der Waals surface area (Å²) in [6.45, 7) is 8.85. The van der Waals surface area contributed by atoms with Gasteiger partial charge in [-0.05, 0) is 66.5 Å². The minimum absolute atomic E-state index is 1.04. The van der Waals surface area contributed by atoms with Gasteiger partial charge in [0.15, 0.2) is 0 Å². The summed E-state index contributed by atoms with van der Waals surface area (Å²) < 4.78 is 0. The highest BCUT2D eigenvalue weighted by atomic mass is 14.1. The van der Waals surface area contributed by atoms with Crippen LogP contribution < -0.4 is 0 Å². The lowest BCUT2D eigenvalue weighted by Gasteiger charge is -2.10. The molecule has 19 heavy (non-hydrogen) atoms. The Kier molecular flexibility index (Phi) is 4.42. The maximum absolute atomic E-state index is 2.36. The molecule has 2 aromatic carbocycles. The fourth-order valence-corrected chi connectivity index (χ4v) is 2.67. The van der Waals surface area contributed by atoms with E-state index in [1.54, 1.807) is 0 Å². The minimum Gasteiger partial charge on any atom is -0.0613 e. The van der Waals surface area contributed by atoms with Gasteiger partial charge < -0.3 is 0 Å². The van der Waals surface area contributed by atoms with Crippen LogP contribution in [0.2, 0.25) is 0 Å². The van der Waals surface area contributed by atoms with E-state index < -0.39 is 0 Å². The fraction of sp³-hybridized carbons (Fsp3) is 0.368. The summed E-state index contributed by atoms with van der Waals surface area (Å²) in [6, 6.07) is 13.8. The van der Waals surface area contributed by atoms with Crippen LogP contribution in [0.1, 0.15) is 47.2 Å². The largest absolute Gasteiger partial charge is 0.0613 e. The van der Waals surface area contributed by atoms with Gasteiger partial charge in [-0.1, -0.05) is 50.2 Å². The molecule has 0 heteroatoms. The second-order valence-corrected chi connectivity index (χ2v) is 5.41. The third kappa shape index (κ3) is 3.26. The molecule has 2 rings (SSSR count). The van der Waals surface area contributed by atoms with Gasteiger partial charge in [0, 0.05) is 0 Å². The molecule has 0 amide bonds. The Balaban J connectivity index is 2.25. The van der Waals surface area contributed by atoms with Crippen molar-refractivity contribution in [1.82, 2.24) is 0 Å². The van der Waals surface area contributed by atoms with Crippen molar-refractivity contribution in [3.05, 3.63) is 69.8 Å². The van der Waals surface area contributed by atoms with Gasteiger partial charge in [-0.3, -0.25) is 0 Å². The van der Waals surface area contributed by atoms with E-state index in [4.69, 9.17) is 0 Å². The monoisotopic (exact) mass is 252 g/mol. The zero-order valence-electron chi connectivity index (χ0n) is 12.6. The molecule has 0 unspecified atom stereocenters. The Labute approximate surface area is 117 Å². The molecule has 0 heterocycles. The van der Waals surface area contributed by atoms with Gasteiger partial charge in [0.25, 0.3) is 0 Å². The average Bonchev–Trinajstić information content (AvgIpc) is 2.43. The highest BCUT2D eigenvalue weighted by Gasteiger charge is 2.03. The first kappa shape index (κ1) is 13.9. The van der Waals surface area contributed by atoms with Crippen LogP contribution in [0.25, 0.3) is 0 Å². The lowest BCUT2D eigenvalue weighted by Crippen LogP contribution is -1.95. The van der Waals surface area contributed by atoms with E-state index in [0.717, 1.165) is 19.3 Å². The molecule has 0 aliphatic heterocycles. The number of hydrogen-bond donors (Lipinski definition) is 0. The zero-order valence-corrected chi connectivity index (χ0v) is 12.6. The second-order valence-electron chi connectivity index (χ2n) is 5.41. The Morgan fingerprint density at radius 2 is 1.11 bits per heavy atom. The molecule has 0 aliphatic carbocycles. The van der Waals surface area contributed by atoms with Crippen molar-refractivity contribution in [2.45, 2.75) is 47.0 Å². The van der Waals surface area contributed by atoms with Crippen LogP contribution in [0.4, 0.5) is 0 Å². The first-order chi connectivity index (χ1) is 9.13. The molecule has 0 N–H and O–H groups in total. The molecule has 0 bridgehead atoms. The topological polar surface area (TPSA) is 0 Å². The van der Waals surface area contributed by atoms with Crippen molar-refractivity contribution in [2.24, 2.45) is 0 Å². The minimum atomic E-state index is 1.04. The van der Waals surface area contributed by atoms with Crippen molar-refractivity contribution in [1.29, 1.82) is 0 Å². The second kappa shape index (κ2) is 6.06. The van der Waals surface area contributed by atoms with Crippen molar-refractivity contribution in [3.8, 4) is 0 Å². The first-order valence-electron chi connectivity index (χ1n) is 7.30. The van der Waals surface area contributed by atoms with Crippen LogP contribution in [-0.2, 0) is 19.3 Å². The molecule has 0 nitrogen and oxygen atoms in total. The summed E-state index contributed by atoms with van der Waals surface area (Å²) in [6.07, 6.45) is 3.28. The van der Waals surface area contributed by atoms with Crippen LogP contribution in [0.3, 0.4) is 0 Å². The molecule has 0 radical (unpaired) electrons. The Hall–Kier alpha value is -1.56. The number of aryl methyl sites for hydroxylation is 4. The molecular formula is C19H24. The molecule has 0 aromatic heterocycles. The lowest BCUT2D eigenvalue weighted by atomic mass is 9.96. The summed E-state index contributed by atoms with van der Waals surface area (Å²) in [5.41, 5.74) is 8.61. The van der Waals surface area contributed by atoms with Crippen LogP contribution in [-0.4, -0.2) is 0 Å². The first-order valence-corrected chi connectivity index (χ1v) is 7.30. The maximum Gasteiger partial charge on any atom is -0.00256 e. The van der Waals surface area contributed by atoms with Crippen LogP contribution in [0, 0.1) is 13.8 Å². The fourth-order valence-electron chi connectivity index (χ4n) is 2.67. The van der Waals surface area contributed by atoms with E-state index in [9.17, 15) is 0 Å². The molecular weight excluding hydrogens is 228 g/mol. The van der Waals surface area contributed by atoms with E-state index in [1.165, 1.54) is 33.4 Å². The molecule has 0 aliphatic rings. The third-order valence-electron chi connectivity index (χ3n) is 4.00. The van der Waals surface area contributed by atoms with Crippen molar-refractivity contribution in [2.75, 3.05) is 0 Å². The number of rotatable bonds is 4. The van der Waals surface area contributed by atoms with E-state index in [-0.39, 0.29) is 0 Å². The number of hydrogen-bond acceptors (Lipinski definition) is 0. The van der Waals surface area contributed by atoms with E-state index in [1.807, 2.05) is 0 Å². The van der Waals surface area contributed by atoms with Crippen molar-refractivity contribution < 1.29 is 0 Å². The summed E-state index contributed by atoms with van der Waals surface area (Å²) in [5.74, 6) is 0. The molecule has 100 valence electrons. The Bertz CT molecular complexity index is 513. The van der Waals surface area contributed by atoms with Gasteiger partial charge in [0.2, 0.25) is 0 Å². The van der Waals surface area contributed by atoms with E-state index in [2.05, 4.69) is 64.1 Å². The molecule has 0 spiro atoms. The standard InChI is InChI=1S/C19H24/c1-5-18-12-16(9-7-14(18)3)11-17-10-8-15(4)19(6-2)13-17/h7-10,12-13H,5-6,11H2,1-4H3. The lowest BCUT2D eigenvalue weighted by molar-refractivity contribution is 1.06. The SMILES string of the molecule is CCc1cc(Cc2ccc(C)c(CC)c2)ccc1C. The maximum atomic E-state index is 2.36.